The molecular formula is C24H34FN3O4. The highest BCUT2D eigenvalue weighted by atomic mass is 19.1. The quantitative estimate of drug-likeness (QED) is 0.400. The number of nitrogens with one attached hydrogen (secondary N) is 2. The van der Waals surface area contributed by atoms with E-state index in [1.165, 1.54) is 12.1 Å². The van der Waals surface area contributed by atoms with Crippen LogP contribution in [0, 0.1) is 16.6 Å². The average Bonchev–Trinajstić information content (AvgIpc) is 3.49. The Kier molecular flexibility index (Phi) is 7.22. The second-order valence-corrected chi connectivity index (χ2v) is 10.3. The zero-order chi connectivity index (χ0) is 23.5. The maximum atomic E-state index is 13.7. The highest BCUT2D eigenvalue weighted by molar-refractivity contribution is 5.94. The van der Waals surface area contributed by atoms with Gasteiger partial charge in [-0.25, -0.2) is 9.87 Å². The number of nitrogens with zero attached hydrogens (tertiary/aromatic N) is 1. The van der Waals surface area contributed by atoms with E-state index in [0.29, 0.717) is 32.2 Å². The molecule has 2 aliphatic rings. The summed E-state index contributed by atoms with van der Waals surface area (Å²) < 4.78 is 13.2. The van der Waals surface area contributed by atoms with Gasteiger partial charge >= 0.3 is 0 Å². The molecule has 3 N–H and O–H groups in total. The number of carbonyl (C=O) groups excluding carboxylic acids is 3. The van der Waals surface area contributed by atoms with Gasteiger partial charge in [-0.3, -0.25) is 19.6 Å². The van der Waals surface area contributed by atoms with E-state index < -0.39 is 22.8 Å². The first-order chi connectivity index (χ1) is 15.1. The first kappa shape index (κ1) is 24.2. The Hall–Kier alpha value is -2.48. The van der Waals surface area contributed by atoms with E-state index in [4.69, 9.17) is 5.21 Å². The van der Waals surface area contributed by atoms with Gasteiger partial charge in [0.05, 0.1) is 5.41 Å². The van der Waals surface area contributed by atoms with Gasteiger partial charge in [0, 0.05) is 19.0 Å². The van der Waals surface area contributed by atoms with Crippen LogP contribution in [0.2, 0.25) is 0 Å². The normalized spacial score (nSPS) is 22.0. The summed E-state index contributed by atoms with van der Waals surface area (Å²) in [7, 11) is 0. The molecule has 7 nitrogen and oxygen atoms in total. The van der Waals surface area contributed by atoms with Crippen LogP contribution in [-0.4, -0.2) is 46.5 Å². The Morgan fingerprint density at radius 1 is 1.25 bits per heavy atom. The maximum Gasteiger partial charge on any atom is 0.244 e. The van der Waals surface area contributed by atoms with Crippen LogP contribution in [-0.2, 0) is 20.8 Å². The van der Waals surface area contributed by atoms with Gasteiger partial charge in [0.25, 0.3) is 0 Å². The van der Waals surface area contributed by atoms with Crippen molar-refractivity contribution >= 4 is 17.7 Å². The van der Waals surface area contributed by atoms with Gasteiger partial charge < -0.3 is 10.2 Å². The molecule has 1 aliphatic carbocycles. The van der Waals surface area contributed by atoms with Crippen LogP contribution in [0.5, 0.6) is 0 Å². The molecule has 1 aromatic rings. The third kappa shape index (κ3) is 5.65. The third-order valence-electron chi connectivity index (χ3n) is 6.51. The van der Waals surface area contributed by atoms with Crippen molar-refractivity contribution in [1.29, 1.82) is 0 Å². The first-order valence-electron chi connectivity index (χ1n) is 11.3. The molecule has 1 heterocycles. The Morgan fingerprint density at radius 2 is 1.91 bits per heavy atom. The largest absolute Gasteiger partial charge is 0.352 e. The molecule has 3 amide bonds. The Bertz CT molecular complexity index is 848. The highest BCUT2D eigenvalue weighted by Crippen LogP contribution is 2.43. The predicted molar refractivity (Wildman–Crippen MR) is 117 cm³/mol. The summed E-state index contributed by atoms with van der Waals surface area (Å²) in [4.78, 5) is 40.5. The number of rotatable bonds is 9. The minimum Gasteiger partial charge on any atom is -0.352 e. The maximum absolute atomic E-state index is 13.7. The highest BCUT2D eigenvalue weighted by Gasteiger charge is 2.52. The molecular weight excluding hydrogens is 413 g/mol. The number of likely N-dealkylation sites (tertiary alicyclic amines) is 1. The number of hydrogen-bond donors (Lipinski definition) is 3. The smallest absolute Gasteiger partial charge is 0.244 e. The van der Waals surface area contributed by atoms with Gasteiger partial charge in [0.2, 0.25) is 17.7 Å². The lowest BCUT2D eigenvalue weighted by Crippen LogP contribution is -2.56. The summed E-state index contributed by atoms with van der Waals surface area (Å²) in [6.07, 6.45) is 3.92. The lowest BCUT2D eigenvalue weighted by atomic mass is 9.77. The van der Waals surface area contributed by atoms with Crippen molar-refractivity contribution in [3.05, 3.63) is 35.6 Å². The Labute approximate surface area is 188 Å². The molecule has 2 fully saturated rings. The summed E-state index contributed by atoms with van der Waals surface area (Å²) >= 11 is 0. The Morgan fingerprint density at radius 3 is 2.47 bits per heavy atom. The van der Waals surface area contributed by atoms with Crippen LogP contribution in [0.4, 0.5) is 4.39 Å². The van der Waals surface area contributed by atoms with Crippen molar-refractivity contribution < 1.29 is 24.0 Å². The van der Waals surface area contributed by atoms with Gasteiger partial charge in [-0.1, -0.05) is 32.9 Å². The molecule has 1 aliphatic heterocycles. The fraction of sp³-hybridized carbons (Fsp3) is 0.625. The number of carbonyl (C=O) groups is 3. The van der Waals surface area contributed by atoms with Crippen LogP contribution >= 0.6 is 0 Å². The van der Waals surface area contributed by atoms with Crippen LogP contribution in [0.3, 0.4) is 0 Å². The first-order valence-corrected chi connectivity index (χ1v) is 11.3. The van der Waals surface area contributed by atoms with Gasteiger partial charge in [-0.05, 0) is 61.6 Å². The summed E-state index contributed by atoms with van der Waals surface area (Å²) in [6, 6.07) is 5.78. The molecule has 0 spiro atoms. The third-order valence-corrected chi connectivity index (χ3v) is 6.51. The van der Waals surface area contributed by atoms with Crippen LogP contribution < -0.4 is 10.8 Å². The monoisotopic (exact) mass is 447 g/mol. The lowest BCUT2D eigenvalue weighted by Gasteiger charge is -2.38. The van der Waals surface area contributed by atoms with E-state index >= 15 is 0 Å². The second-order valence-electron chi connectivity index (χ2n) is 10.3. The molecule has 1 saturated heterocycles. The van der Waals surface area contributed by atoms with E-state index in [0.717, 1.165) is 18.4 Å². The summed E-state index contributed by atoms with van der Waals surface area (Å²) in [5.74, 6) is -1.28. The fourth-order valence-corrected chi connectivity index (χ4v) is 4.72. The van der Waals surface area contributed by atoms with Crippen molar-refractivity contribution in [1.82, 2.24) is 15.7 Å². The Balaban J connectivity index is 1.77. The molecule has 1 aromatic carbocycles. The standard InChI is InChI=1S/C24H34FN3O4/c1-23(2,3)20(21(30)26-18-10-11-18)28-14-13-24(22(28)31,15-19(29)27-32)12-4-5-16-6-8-17(25)9-7-16/h6-9,18,20,32H,4-5,10-15H2,1-3H3,(H,26,30)(H,27,29)/t20-,24-/m0/s1. The van der Waals surface area contributed by atoms with E-state index in [-0.39, 0.29) is 30.1 Å². The van der Waals surface area contributed by atoms with Crippen molar-refractivity contribution in [3.63, 3.8) is 0 Å². The molecule has 0 unspecified atom stereocenters. The lowest BCUT2D eigenvalue weighted by molar-refractivity contribution is -0.149. The number of hydroxylamine groups is 1. The summed E-state index contributed by atoms with van der Waals surface area (Å²) in [5.41, 5.74) is 1.15. The molecule has 0 bridgehead atoms. The minimum atomic E-state index is -0.976. The number of aryl methyl sites for hydroxylation is 1. The van der Waals surface area contributed by atoms with Crippen molar-refractivity contribution in [2.24, 2.45) is 10.8 Å². The van der Waals surface area contributed by atoms with Gasteiger partial charge in [0.1, 0.15) is 11.9 Å². The minimum absolute atomic E-state index is 0.136. The number of benzene rings is 1. The van der Waals surface area contributed by atoms with Crippen molar-refractivity contribution in [2.75, 3.05) is 6.54 Å². The zero-order valence-corrected chi connectivity index (χ0v) is 19.1. The second kappa shape index (κ2) is 9.57. The van der Waals surface area contributed by atoms with Crippen LogP contribution in [0.25, 0.3) is 0 Å². The van der Waals surface area contributed by atoms with E-state index in [1.807, 2.05) is 20.8 Å². The van der Waals surface area contributed by atoms with E-state index in [1.54, 1.807) is 22.5 Å². The van der Waals surface area contributed by atoms with Gasteiger partial charge in [-0.2, -0.15) is 0 Å². The van der Waals surface area contributed by atoms with Gasteiger partial charge in [0.15, 0.2) is 0 Å². The molecule has 0 radical (unpaired) electrons. The van der Waals surface area contributed by atoms with Gasteiger partial charge in [-0.15, -0.1) is 0 Å². The van der Waals surface area contributed by atoms with Crippen molar-refractivity contribution in [2.45, 2.75) is 77.8 Å². The molecule has 0 aromatic heterocycles. The molecule has 176 valence electrons. The number of hydrogen-bond acceptors (Lipinski definition) is 4. The zero-order valence-electron chi connectivity index (χ0n) is 19.1. The summed E-state index contributed by atoms with van der Waals surface area (Å²) in [5, 5.41) is 12.1. The average molecular weight is 448 g/mol. The van der Waals surface area contributed by atoms with Crippen LogP contribution in [0.1, 0.15) is 64.9 Å². The van der Waals surface area contributed by atoms with E-state index in [2.05, 4.69) is 5.32 Å². The molecule has 2 atom stereocenters. The fourth-order valence-electron chi connectivity index (χ4n) is 4.72. The molecule has 1 saturated carbocycles. The SMILES string of the molecule is CC(C)(C)[C@H](C(=O)NC1CC1)N1CC[C@@](CCCc2ccc(F)cc2)(CC(=O)NO)C1=O. The predicted octanol–water partition coefficient (Wildman–Crippen LogP) is 2.96. The molecule has 8 heteroatoms. The van der Waals surface area contributed by atoms with E-state index in [9.17, 15) is 18.8 Å². The van der Waals surface area contributed by atoms with Crippen molar-refractivity contribution in [3.8, 4) is 0 Å². The number of halogens is 1. The van der Waals surface area contributed by atoms with Crippen LogP contribution in [0.15, 0.2) is 24.3 Å². The number of amides is 3. The topological polar surface area (TPSA) is 98.7 Å². The molecule has 32 heavy (non-hydrogen) atoms. The summed E-state index contributed by atoms with van der Waals surface area (Å²) in [6.45, 7) is 6.19. The molecule has 3 rings (SSSR count).